The summed E-state index contributed by atoms with van der Waals surface area (Å²) in [5.41, 5.74) is 1.13. The Morgan fingerprint density at radius 3 is 2.12 bits per heavy atom. The third-order valence-electron chi connectivity index (χ3n) is 3.27. The fourth-order valence-corrected chi connectivity index (χ4v) is 4.07. The summed E-state index contributed by atoms with van der Waals surface area (Å²) in [7, 11) is -3.95. The fourth-order valence-electron chi connectivity index (χ4n) is 2.11. The van der Waals surface area contributed by atoms with Crippen LogP contribution in [-0.4, -0.2) is 26.0 Å². The topological polar surface area (TPSA) is 74.7 Å². The van der Waals surface area contributed by atoms with Gasteiger partial charge in [0.05, 0.1) is 17.0 Å². The van der Waals surface area contributed by atoms with Crippen LogP contribution in [0.15, 0.2) is 47.4 Å². The number of hydrogen-bond acceptors (Lipinski definition) is 3. The molecule has 0 radical (unpaired) electrons. The molecule has 0 heterocycles. The zero-order valence-electron chi connectivity index (χ0n) is 12.7. The zero-order chi connectivity index (χ0) is 17.9. The first kappa shape index (κ1) is 18.6. The van der Waals surface area contributed by atoms with Crippen LogP contribution < -0.4 is 4.31 Å². The normalized spacial score (nSPS) is 11.3. The van der Waals surface area contributed by atoms with Crippen LogP contribution in [-0.2, 0) is 14.8 Å². The molecule has 0 bridgehead atoms. The predicted octanol–water partition coefficient (Wildman–Crippen LogP) is 3.97. The molecule has 0 saturated heterocycles. The molecule has 0 spiro atoms. The monoisotopic (exact) mass is 387 g/mol. The summed E-state index contributed by atoms with van der Waals surface area (Å²) in [6, 6.07) is 10.6. The highest BCUT2D eigenvalue weighted by molar-refractivity contribution is 7.92. The lowest BCUT2D eigenvalue weighted by atomic mass is 10.2. The maximum atomic E-state index is 12.9. The number of rotatable bonds is 6. The van der Waals surface area contributed by atoms with Crippen LogP contribution in [0.4, 0.5) is 5.69 Å². The average Bonchev–Trinajstić information content (AvgIpc) is 2.46. The first-order chi connectivity index (χ1) is 11.2. The highest BCUT2D eigenvalue weighted by atomic mass is 35.5. The number of aryl methyl sites for hydroxylation is 1. The maximum absolute atomic E-state index is 12.9. The molecule has 0 aliphatic rings. The third-order valence-corrected chi connectivity index (χ3v) is 5.55. The van der Waals surface area contributed by atoms with Crippen molar-refractivity contribution in [2.24, 2.45) is 0 Å². The number of halogens is 2. The Morgan fingerprint density at radius 2 is 1.62 bits per heavy atom. The fraction of sp³-hybridized carbons (Fsp3) is 0.188. The van der Waals surface area contributed by atoms with Gasteiger partial charge in [0, 0.05) is 16.6 Å². The molecule has 0 unspecified atom stereocenters. The minimum atomic E-state index is -3.95. The lowest BCUT2D eigenvalue weighted by Crippen LogP contribution is -2.33. The average molecular weight is 388 g/mol. The SMILES string of the molecule is Cc1ccc(S(=O)(=O)N(CCC(=O)O)c2cc(Cl)cc(Cl)c2)cc1. The number of benzene rings is 2. The van der Waals surface area contributed by atoms with E-state index in [9.17, 15) is 13.2 Å². The van der Waals surface area contributed by atoms with Gasteiger partial charge in [-0.25, -0.2) is 8.42 Å². The maximum Gasteiger partial charge on any atom is 0.305 e. The lowest BCUT2D eigenvalue weighted by molar-refractivity contribution is -0.136. The van der Waals surface area contributed by atoms with Gasteiger partial charge in [-0.3, -0.25) is 9.10 Å². The second-order valence-electron chi connectivity index (χ2n) is 5.16. The molecule has 2 aromatic rings. The summed E-state index contributed by atoms with van der Waals surface area (Å²) in [5.74, 6) is -1.10. The van der Waals surface area contributed by atoms with Crippen LogP contribution in [0.25, 0.3) is 0 Å². The summed E-state index contributed by atoms with van der Waals surface area (Å²) in [5, 5.41) is 9.44. The molecule has 0 aliphatic carbocycles. The summed E-state index contributed by atoms with van der Waals surface area (Å²) >= 11 is 11.9. The van der Waals surface area contributed by atoms with Crippen LogP contribution in [0.1, 0.15) is 12.0 Å². The van der Waals surface area contributed by atoms with Gasteiger partial charge < -0.3 is 5.11 Å². The van der Waals surface area contributed by atoms with Crippen molar-refractivity contribution >= 4 is 44.9 Å². The first-order valence-electron chi connectivity index (χ1n) is 6.97. The van der Waals surface area contributed by atoms with E-state index in [0.29, 0.717) is 0 Å². The first-order valence-corrected chi connectivity index (χ1v) is 9.17. The molecule has 24 heavy (non-hydrogen) atoms. The van der Waals surface area contributed by atoms with E-state index in [0.717, 1.165) is 9.87 Å². The van der Waals surface area contributed by atoms with Crippen LogP contribution in [0.2, 0.25) is 10.0 Å². The smallest absolute Gasteiger partial charge is 0.305 e. The predicted molar refractivity (Wildman–Crippen MR) is 94.4 cm³/mol. The molecule has 2 rings (SSSR count). The van der Waals surface area contributed by atoms with Crippen molar-refractivity contribution in [1.82, 2.24) is 0 Å². The van der Waals surface area contributed by atoms with Gasteiger partial charge in [0.15, 0.2) is 0 Å². The van der Waals surface area contributed by atoms with Gasteiger partial charge >= 0.3 is 5.97 Å². The highest BCUT2D eigenvalue weighted by Crippen LogP contribution is 2.30. The van der Waals surface area contributed by atoms with E-state index >= 15 is 0 Å². The largest absolute Gasteiger partial charge is 0.481 e. The minimum absolute atomic E-state index is 0.0644. The lowest BCUT2D eigenvalue weighted by Gasteiger charge is -2.24. The Labute approximate surface area is 150 Å². The van der Waals surface area contributed by atoms with E-state index in [-0.39, 0.29) is 33.6 Å². The van der Waals surface area contributed by atoms with E-state index < -0.39 is 16.0 Å². The molecule has 0 saturated carbocycles. The summed E-state index contributed by atoms with van der Waals surface area (Å²) in [6.45, 7) is 1.61. The van der Waals surface area contributed by atoms with Gasteiger partial charge in [0.25, 0.3) is 10.0 Å². The Bertz CT molecular complexity index is 831. The Morgan fingerprint density at radius 1 is 1.08 bits per heavy atom. The number of anilines is 1. The van der Waals surface area contributed by atoms with Crippen LogP contribution >= 0.6 is 23.2 Å². The number of hydrogen-bond donors (Lipinski definition) is 1. The standard InChI is InChI=1S/C16H15Cl2NO4S/c1-11-2-4-15(5-3-11)24(22,23)19(7-6-16(20)21)14-9-12(17)8-13(18)10-14/h2-5,8-10H,6-7H2,1H3,(H,20,21). The summed E-state index contributed by atoms with van der Waals surface area (Å²) in [4.78, 5) is 11.0. The van der Waals surface area contributed by atoms with E-state index in [1.54, 1.807) is 12.1 Å². The molecule has 2 aromatic carbocycles. The van der Waals surface area contributed by atoms with E-state index in [4.69, 9.17) is 28.3 Å². The molecule has 0 fully saturated rings. The molecule has 5 nitrogen and oxygen atoms in total. The van der Waals surface area contributed by atoms with Crippen molar-refractivity contribution in [2.45, 2.75) is 18.2 Å². The second kappa shape index (κ2) is 7.42. The summed E-state index contributed by atoms with van der Waals surface area (Å²) < 4.78 is 26.9. The number of carboxylic acids is 1. The molecule has 0 atom stereocenters. The molecule has 8 heteroatoms. The van der Waals surface area contributed by atoms with Crippen LogP contribution in [0.3, 0.4) is 0 Å². The number of aliphatic carboxylic acids is 1. The molecule has 1 N–H and O–H groups in total. The summed E-state index contributed by atoms with van der Waals surface area (Å²) in [6.07, 6.45) is -0.352. The number of sulfonamides is 1. The number of carboxylic acid groups (broad SMARTS) is 1. The van der Waals surface area contributed by atoms with Crippen molar-refractivity contribution in [3.8, 4) is 0 Å². The molecule has 0 amide bonds. The second-order valence-corrected chi connectivity index (χ2v) is 7.90. The van der Waals surface area contributed by atoms with E-state index in [1.165, 1.54) is 30.3 Å². The molecule has 0 aliphatic heterocycles. The van der Waals surface area contributed by atoms with Crippen molar-refractivity contribution in [3.63, 3.8) is 0 Å². The third kappa shape index (κ3) is 4.41. The highest BCUT2D eigenvalue weighted by Gasteiger charge is 2.26. The molecule has 128 valence electrons. The zero-order valence-corrected chi connectivity index (χ0v) is 15.1. The molecular weight excluding hydrogens is 373 g/mol. The minimum Gasteiger partial charge on any atom is -0.481 e. The van der Waals surface area contributed by atoms with Crippen molar-refractivity contribution in [1.29, 1.82) is 0 Å². The van der Waals surface area contributed by atoms with Gasteiger partial charge in [-0.15, -0.1) is 0 Å². The number of nitrogens with zero attached hydrogens (tertiary/aromatic N) is 1. The number of carbonyl (C=O) groups is 1. The quantitative estimate of drug-likeness (QED) is 0.813. The molecule has 0 aromatic heterocycles. The Balaban J connectivity index is 2.52. The van der Waals surface area contributed by atoms with Gasteiger partial charge in [-0.1, -0.05) is 40.9 Å². The Kier molecular flexibility index (Phi) is 5.74. The van der Waals surface area contributed by atoms with Crippen molar-refractivity contribution < 1.29 is 18.3 Å². The van der Waals surface area contributed by atoms with Crippen LogP contribution in [0.5, 0.6) is 0 Å². The van der Waals surface area contributed by atoms with Gasteiger partial charge in [0.1, 0.15) is 0 Å². The Hall–Kier alpha value is -1.76. The van der Waals surface area contributed by atoms with Gasteiger partial charge in [0.2, 0.25) is 0 Å². The van der Waals surface area contributed by atoms with E-state index in [1.807, 2.05) is 6.92 Å². The molecular formula is C16H15Cl2NO4S. The van der Waals surface area contributed by atoms with Crippen LogP contribution in [0, 0.1) is 6.92 Å². The van der Waals surface area contributed by atoms with Crippen molar-refractivity contribution in [3.05, 3.63) is 58.1 Å². The van der Waals surface area contributed by atoms with Crippen molar-refractivity contribution in [2.75, 3.05) is 10.8 Å². The van der Waals surface area contributed by atoms with E-state index in [2.05, 4.69) is 0 Å². The van der Waals surface area contributed by atoms with Gasteiger partial charge in [-0.2, -0.15) is 0 Å². The van der Waals surface area contributed by atoms with Gasteiger partial charge in [-0.05, 0) is 37.3 Å².